The van der Waals surface area contributed by atoms with Crippen molar-refractivity contribution in [3.63, 3.8) is 0 Å². The van der Waals surface area contributed by atoms with Crippen LogP contribution >= 0.6 is 0 Å². The topological polar surface area (TPSA) is 21.3 Å². The summed E-state index contributed by atoms with van der Waals surface area (Å²) in [6.45, 7) is 6.32. The van der Waals surface area contributed by atoms with Crippen molar-refractivity contribution in [2.24, 2.45) is 11.8 Å². The standard InChI is InChI=1S/C17H27NO/c1-2-18-14-17(12-15-6-4-3-5-7-15)13-16-8-10-19-11-9-16/h3-7,16-18H,2,8-14H2,1H3. The molecule has 19 heavy (non-hydrogen) atoms. The number of rotatable bonds is 7. The minimum absolute atomic E-state index is 0.755. The van der Waals surface area contributed by atoms with Gasteiger partial charge in [0, 0.05) is 13.2 Å². The maximum atomic E-state index is 5.47. The smallest absolute Gasteiger partial charge is 0.0468 e. The second kappa shape index (κ2) is 8.34. The molecule has 1 atom stereocenters. The first-order valence-electron chi connectivity index (χ1n) is 7.71. The van der Waals surface area contributed by atoms with E-state index in [1.807, 2.05) is 0 Å². The second-order valence-electron chi connectivity index (χ2n) is 5.65. The molecule has 1 unspecified atom stereocenters. The monoisotopic (exact) mass is 261 g/mol. The van der Waals surface area contributed by atoms with Gasteiger partial charge < -0.3 is 10.1 Å². The molecule has 1 aromatic rings. The Labute approximate surface area is 117 Å². The van der Waals surface area contributed by atoms with E-state index in [-0.39, 0.29) is 0 Å². The molecule has 0 radical (unpaired) electrons. The average Bonchev–Trinajstić information content (AvgIpc) is 2.47. The fourth-order valence-corrected chi connectivity index (χ4v) is 2.99. The zero-order valence-corrected chi connectivity index (χ0v) is 12.1. The summed E-state index contributed by atoms with van der Waals surface area (Å²) in [5.41, 5.74) is 1.47. The molecule has 0 spiro atoms. The first-order valence-corrected chi connectivity index (χ1v) is 7.71. The van der Waals surface area contributed by atoms with Crippen LogP contribution < -0.4 is 5.32 Å². The lowest BCUT2D eigenvalue weighted by molar-refractivity contribution is 0.0585. The van der Waals surface area contributed by atoms with Crippen LogP contribution in [0.4, 0.5) is 0 Å². The summed E-state index contributed by atoms with van der Waals surface area (Å²) < 4.78 is 5.47. The molecule has 2 nitrogen and oxygen atoms in total. The van der Waals surface area contributed by atoms with Crippen LogP contribution in [0.25, 0.3) is 0 Å². The Morgan fingerprint density at radius 1 is 1.21 bits per heavy atom. The summed E-state index contributed by atoms with van der Waals surface area (Å²) in [4.78, 5) is 0. The van der Waals surface area contributed by atoms with Crippen LogP contribution in [0.1, 0.15) is 31.7 Å². The summed E-state index contributed by atoms with van der Waals surface area (Å²) in [6, 6.07) is 10.9. The number of benzene rings is 1. The molecule has 2 heteroatoms. The van der Waals surface area contributed by atoms with Gasteiger partial charge in [0.15, 0.2) is 0 Å². The van der Waals surface area contributed by atoms with Gasteiger partial charge in [0.25, 0.3) is 0 Å². The van der Waals surface area contributed by atoms with Crippen LogP contribution in [0, 0.1) is 11.8 Å². The van der Waals surface area contributed by atoms with Crippen molar-refractivity contribution >= 4 is 0 Å². The number of hydrogen-bond acceptors (Lipinski definition) is 2. The summed E-state index contributed by atoms with van der Waals surface area (Å²) in [6.07, 6.45) is 5.03. The van der Waals surface area contributed by atoms with Crippen molar-refractivity contribution in [2.45, 2.75) is 32.6 Å². The van der Waals surface area contributed by atoms with Crippen LogP contribution in [0.2, 0.25) is 0 Å². The van der Waals surface area contributed by atoms with Crippen molar-refractivity contribution in [1.29, 1.82) is 0 Å². The molecule has 1 N–H and O–H groups in total. The summed E-state index contributed by atoms with van der Waals surface area (Å²) in [7, 11) is 0. The Balaban J connectivity index is 1.87. The van der Waals surface area contributed by atoms with Gasteiger partial charge in [-0.25, -0.2) is 0 Å². The van der Waals surface area contributed by atoms with E-state index < -0.39 is 0 Å². The lowest BCUT2D eigenvalue weighted by Gasteiger charge is -2.27. The van der Waals surface area contributed by atoms with Crippen LogP contribution in [-0.4, -0.2) is 26.3 Å². The molecule has 2 rings (SSSR count). The molecule has 0 saturated carbocycles. The van der Waals surface area contributed by atoms with Crippen LogP contribution in [-0.2, 0) is 11.2 Å². The lowest BCUT2D eigenvalue weighted by atomic mass is 9.85. The van der Waals surface area contributed by atoms with Gasteiger partial charge in [0.05, 0.1) is 0 Å². The highest BCUT2D eigenvalue weighted by Gasteiger charge is 2.19. The maximum Gasteiger partial charge on any atom is 0.0468 e. The molecule has 1 aliphatic rings. The fraction of sp³-hybridized carbons (Fsp3) is 0.647. The Morgan fingerprint density at radius 2 is 1.95 bits per heavy atom. The van der Waals surface area contributed by atoms with Gasteiger partial charge in [0.2, 0.25) is 0 Å². The van der Waals surface area contributed by atoms with E-state index in [1.54, 1.807) is 0 Å². The fourth-order valence-electron chi connectivity index (χ4n) is 2.99. The van der Waals surface area contributed by atoms with Gasteiger partial charge in [-0.05, 0) is 56.2 Å². The Morgan fingerprint density at radius 3 is 2.63 bits per heavy atom. The van der Waals surface area contributed by atoms with Gasteiger partial charge in [-0.1, -0.05) is 37.3 Å². The Bertz CT molecular complexity index is 332. The van der Waals surface area contributed by atoms with Crippen LogP contribution in [0.3, 0.4) is 0 Å². The molecule has 1 aliphatic heterocycles. The van der Waals surface area contributed by atoms with E-state index in [2.05, 4.69) is 42.6 Å². The molecule has 0 bridgehead atoms. The van der Waals surface area contributed by atoms with Gasteiger partial charge in [0.1, 0.15) is 0 Å². The zero-order chi connectivity index (χ0) is 13.3. The maximum absolute atomic E-state index is 5.47. The lowest BCUT2D eigenvalue weighted by Crippen LogP contribution is -2.27. The normalized spacial score (nSPS) is 18.4. The largest absolute Gasteiger partial charge is 0.381 e. The Kier molecular flexibility index (Phi) is 6.38. The van der Waals surface area contributed by atoms with Gasteiger partial charge in [-0.3, -0.25) is 0 Å². The van der Waals surface area contributed by atoms with Crippen molar-refractivity contribution in [3.05, 3.63) is 35.9 Å². The Hall–Kier alpha value is -0.860. The van der Waals surface area contributed by atoms with E-state index in [4.69, 9.17) is 4.74 Å². The van der Waals surface area contributed by atoms with E-state index in [0.717, 1.165) is 38.1 Å². The average molecular weight is 261 g/mol. The third-order valence-corrected chi connectivity index (χ3v) is 4.06. The van der Waals surface area contributed by atoms with E-state index in [9.17, 15) is 0 Å². The minimum Gasteiger partial charge on any atom is -0.381 e. The molecule has 0 amide bonds. The predicted molar refractivity (Wildman–Crippen MR) is 80.3 cm³/mol. The van der Waals surface area contributed by atoms with E-state index in [0.29, 0.717) is 0 Å². The van der Waals surface area contributed by atoms with Crippen molar-refractivity contribution < 1.29 is 4.74 Å². The third-order valence-electron chi connectivity index (χ3n) is 4.06. The molecule has 1 fully saturated rings. The van der Waals surface area contributed by atoms with Gasteiger partial charge >= 0.3 is 0 Å². The van der Waals surface area contributed by atoms with Crippen molar-refractivity contribution in [1.82, 2.24) is 5.32 Å². The summed E-state index contributed by atoms with van der Waals surface area (Å²) >= 11 is 0. The molecular formula is C17H27NO. The second-order valence-corrected chi connectivity index (χ2v) is 5.65. The van der Waals surface area contributed by atoms with Gasteiger partial charge in [-0.15, -0.1) is 0 Å². The number of hydrogen-bond donors (Lipinski definition) is 1. The molecule has 1 aromatic carbocycles. The van der Waals surface area contributed by atoms with Crippen molar-refractivity contribution in [2.75, 3.05) is 26.3 Å². The van der Waals surface area contributed by atoms with Crippen LogP contribution in [0.15, 0.2) is 30.3 Å². The molecule has 1 heterocycles. The SMILES string of the molecule is CCNCC(Cc1ccccc1)CC1CCOCC1. The summed E-state index contributed by atoms with van der Waals surface area (Å²) in [5, 5.41) is 3.53. The molecule has 0 aliphatic carbocycles. The number of ether oxygens (including phenoxy) is 1. The first-order chi connectivity index (χ1) is 9.38. The quantitative estimate of drug-likeness (QED) is 0.813. The molecule has 0 aromatic heterocycles. The highest BCUT2D eigenvalue weighted by atomic mass is 16.5. The molecule has 1 saturated heterocycles. The third kappa shape index (κ3) is 5.33. The first kappa shape index (κ1) is 14.5. The minimum atomic E-state index is 0.755. The van der Waals surface area contributed by atoms with Gasteiger partial charge in [-0.2, -0.15) is 0 Å². The molecule has 106 valence electrons. The van der Waals surface area contributed by atoms with Crippen molar-refractivity contribution in [3.8, 4) is 0 Å². The van der Waals surface area contributed by atoms with E-state index in [1.165, 1.54) is 31.2 Å². The summed E-state index contributed by atoms with van der Waals surface area (Å²) in [5.74, 6) is 1.62. The predicted octanol–water partition coefficient (Wildman–Crippen LogP) is 3.27. The van der Waals surface area contributed by atoms with Crippen LogP contribution in [0.5, 0.6) is 0 Å². The highest BCUT2D eigenvalue weighted by Crippen LogP contribution is 2.25. The molecular weight excluding hydrogens is 234 g/mol. The number of nitrogens with one attached hydrogen (secondary N) is 1. The highest BCUT2D eigenvalue weighted by molar-refractivity contribution is 5.15. The zero-order valence-electron chi connectivity index (χ0n) is 12.1. The van der Waals surface area contributed by atoms with E-state index >= 15 is 0 Å².